The van der Waals surface area contributed by atoms with Crippen LogP contribution in [-0.4, -0.2) is 19.7 Å². The zero-order chi connectivity index (χ0) is 11.5. The van der Waals surface area contributed by atoms with Crippen molar-refractivity contribution in [3.63, 3.8) is 0 Å². The van der Waals surface area contributed by atoms with Gasteiger partial charge < -0.3 is 14.5 Å². The first-order valence-electron chi connectivity index (χ1n) is 5.49. The molecule has 0 radical (unpaired) electrons. The molecule has 1 N–H and O–H groups in total. The highest BCUT2D eigenvalue weighted by Gasteiger charge is 2.32. The van der Waals surface area contributed by atoms with Crippen LogP contribution >= 0.6 is 31.9 Å². The molecule has 1 aliphatic heterocycles. The summed E-state index contributed by atoms with van der Waals surface area (Å²) in [5, 5.41) is 3.37. The number of rotatable bonds is 4. The van der Waals surface area contributed by atoms with Crippen LogP contribution in [0.4, 0.5) is 0 Å². The Hall–Kier alpha value is 0.160. The fourth-order valence-corrected chi connectivity index (χ4v) is 2.60. The molecule has 0 saturated carbocycles. The third-order valence-corrected chi connectivity index (χ3v) is 4.53. The summed E-state index contributed by atoms with van der Waals surface area (Å²) >= 11 is 6.77. The Kier molecular flexibility index (Phi) is 4.47. The summed E-state index contributed by atoms with van der Waals surface area (Å²) in [5.74, 6) is 1.41. The second kappa shape index (κ2) is 5.67. The lowest BCUT2D eigenvalue weighted by Gasteiger charge is -2.16. The van der Waals surface area contributed by atoms with Gasteiger partial charge in [0.2, 0.25) is 0 Å². The summed E-state index contributed by atoms with van der Waals surface area (Å²) in [4.78, 5) is 0. The lowest BCUT2D eigenvalue weighted by atomic mass is 10.00. The van der Waals surface area contributed by atoms with Gasteiger partial charge in [0.05, 0.1) is 4.47 Å². The third kappa shape index (κ3) is 2.70. The average molecular weight is 353 g/mol. The molecule has 0 bridgehead atoms. The Morgan fingerprint density at radius 3 is 2.94 bits per heavy atom. The minimum absolute atomic E-state index is 0.0849. The number of furan rings is 1. The highest BCUT2D eigenvalue weighted by atomic mass is 79.9. The van der Waals surface area contributed by atoms with E-state index in [1.54, 1.807) is 0 Å². The summed E-state index contributed by atoms with van der Waals surface area (Å²) < 4.78 is 13.0. The number of hydrogen-bond acceptors (Lipinski definition) is 3. The van der Waals surface area contributed by atoms with Gasteiger partial charge in [-0.2, -0.15) is 0 Å². The predicted octanol–water partition coefficient (Wildman–Crippen LogP) is 3.49. The van der Waals surface area contributed by atoms with Crippen molar-refractivity contribution in [1.82, 2.24) is 5.32 Å². The maximum absolute atomic E-state index is 5.74. The zero-order valence-corrected chi connectivity index (χ0v) is 12.3. The Labute approximate surface area is 112 Å². The topological polar surface area (TPSA) is 34.4 Å². The quantitative estimate of drug-likeness (QED) is 0.900. The molecule has 1 saturated heterocycles. The van der Waals surface area contributed by atoms with Gasteiger partial charge >= 0.3 is 0 Å². The minimum atomic E-state index is 0.0849. The fourth-order valence-electron chi connectivity index (χ4n) is 1.99. The number of ether oxygens (including phenoxy) is 1. The van der Waals surface area contributed by atoms with E-state index in [-0.39, 0.29) is 6.10 Å². The van der Waals surface area contributed by atoms with Crippen molar-refractivity contribution in [3.8, 4) is 0 Å². The third-order valence-electron chi connectivity index (χ3n) is 2.82. The Morgan fingerprint density at radius 1 is 1.50 bits per heavy atom. The van der Waals surface area contributed by atoms with E-state index in [4.69, 9.17) is 9.15 Å². The molecule has 16 heavy (non-hydrogen) atoms. The van der Waals surface area contributed by atoms with Gasteiger partial charge in [0.15, 0.2) is 4.67 Å². The van der Waals surface area contributed by atoms with Gasteiger partial charge in [-0.25, -0.2) is 0 Å². The largest absolute Gasteiger partial charge is 0.450 e. The molecule has 1 aliphatic rings. The van der Waals surface area contributed by atoms with E-state index in [1.165, 1.54) is 0 Å². The van der Waals surface area contributed by atoms with Gasteiger partial charge in [-0.15, -0.1) is 0 Å². The lowest BCUT2D eigenvalue weighted by Crippen LogP contribution is -2.24. The molecule has 2 atom stereocenters. The van der Waals surface area contributed by atoms with Gasteiger partial charge in [-0.3, -0.25) is 0 Å². The monoisotopic (exact) mass is 351 g/mol. The van der Waals surface area contributed by atoms with Crippen LogP contribution in [0.5, 0.6) is 0 Å². The van der Waals surface area contributed by atoms with Crippen molar-refractivity contribution >= 4 is 31.9 Å². The maximum Gasteiger partial charge on any atom is 0.183 e. The van der Waals surface area contributed by atoms with Crippen LogP contribution < -0.4 is 5.32 Å². The molecule has 1 aromatic rings. The molecule has 0 aliphatic carbocycles. The molecular formula is C11H15Br2NO2. The second-order valence-corrected chi connectivity index (χ2v) is 5.49. The van der Waals surface area contributed by atoms with Crippen LogP contribution in [0.1, 0.15) is 25.2 Å². The molecule has 1 fully saturated rings. The van der Waals surface area contributed by atoms with Gasteiger partial charge in [0.1, 0.15) is 11.9 Å². The molecule has 90 valence electrons. The first-order valence-corrected chi connectivity index (χ1v) is 7.08. The molecule has 5 heteroatoms. The molecule has 2 unspecified atom stereocenters. The van der Waals surface area contributed by atoms with Gasteiger partial charge in [-0.05, 0) is 50.9 Å². The van der Waals surface area contributed by atoms with E-state index >= 15 is 0 Å². The zero-order valence-electron chi connectivity index (χ0n) is 9.13. The lowest BCUT2D eigenvalue weighted by molar-refractivity contribution is 0.0715. The summed E-state index contributed by atoms with van der Waals surface area (Å²) in [7, 11) is 0. The van der Waals surface area contributed by atoms with E-state index in [1.807, 2.05) is 6.07 Å². The minimum Gasteiger partial charge on any atom is -0.450 e. The van der Waals surface area contributed by atoms with E-state index < -0.39 is 0 Å². The van der Waals surface area contributed by atoms with E-state index in [0.717, 1.165) is 41.0 Å². The Bertz CT molecular complexity index is 334. The summed E-state index contributed by atoms with van der Waals surface area (Å²) in [6, 6.07) is 1.99. The second-order valence-electron chi connectivity index (χ2n) is 3.92. The summed E-state index contributed by atoms with van der Waals surface area (Å²) in [6.07, 6.45) is 1.18. The molecule has 3 nitrogen and oxygen atoms in total. The van der Waals surface area contributed by atoms with Crippen molar-refractivity contribution in [1.29, 1.82) is 0 Å². The molecule has 0 aromatic carbocycles. The highest BCUT2D eigenvalue weighted by molar-refractivity contribution is 9.13. The number of halogens is 2. The van der Waals surface area contributed by atoms with Crippen LogP contribution in [0, 0.1) is 5.92 Å². The Balaban J connectivity index is 2.07. The summed E-state index contributed by atoms with van der Waals surface area (Å²) in [6.45, 7) is 4.91. The SMILES string of the molecule is CCNCC1CCOC1c1cc(Br)c(Br)o1. The fraction of sp³-hybridized carbons (Fsp3) is 0.636. The van der Waals surface area contributed by atoms with Crippen molar-refractivity contribution < 1.29 is 9.15 Å². The first-order chi connectivity index (χ1) is 7.72. The van der Waals surface area contributed by atoms with Crippen molar-refractivity contribution in [2.45, 2.75) is 19.4 Å². The van der Waals surface area contributed by atoms with Crippen LogP contribution in [0.15, 0.2) is 19.6 Å². The first kappa shape index (κ1) is 12.6. The van der Waals surface area contributed by atoms with E-state index in [0.29, 0.717) is 5.92 Å². The predicted molar refractivity (Wildman–Crippen MR) is 69.5 cm³/mol. The van der Waals surface area contributed by atoms with Crippen LogP contribution in [0.25, 0.3) is 0 Å². The molecule has 2 rings (SSSR count). The van der Waals surface area contributed by atoms with E-state index in [9.17, 15) is 0 Å². The standard InChI is InChI=1S/C11H15Br2NO2/c1-2-14-6-7-3-4-15-10(7)9-5-8(12)11(13)16-9/h5,7,10,14H,2-4,6H2,1H3. The smallest absolute Gasteiger partial charge is 0.183 e. The van der Waals surface area contributed by atoms with Crippen molar-refractivity contribution in [3.05, 3.63) is 21.0 Å². The Morgan fingerprint density at radius 2 is 2.31 bits per heavy atom. The molecule has 2 heterocycles. The van der Waals surface area contributed by atoms with Gasteiger partial charge in [0.25, 0.3) is 0 Å². The molecule has 1 aromatic heterocycles. The highest BCUT2D eigenvalue weighted by Crippen LogP contribution is 2.38. The summed E-state index contributed by atoms with van der Waals surface area (Å²) in [5.41, 5.74) is 0. The van der Waals surface area contributed by atoms with E-state index in [2.05, 4.69) is 44.1 Å². The number of hydrogen-bond donors (Lipinski definition) is 1. The van der Waals surface area contributed by atoms with Crippen LogP contribution in [0.2, 0.25) is 0 Å². The van der Waals surface area contributed by atoms with Gasteiger partial charge in [0, 0.05) is 19.1 Å². The van der Waals surface area contributed by atoms with Gasteiger partial charge in [-0.1, -0.05) is 6.92 Å². The average Bonchev–Trinajstić information content (AvgIpc) is 2.83. The molecule has 0 amide bonds. The van der Waals surface area contributed by atoms with Crippen molar-refractivity contribution in [2.24, 2.45) is 5.92 Å². The van der Waals surface area contributed by atoms with Crippen molar-refractivity contribution in [2.75, 3.05) is 19.7 Å². The maximum atomic E-state index is 5.74. The molecular weight excluding hydrogens is 338 g/mol. The van der Waals surface area contributed by atoms with Crippen LogP contribution in [-0.2, 0) is 4.74 Å². The normalized spacial score (nSPS) is 25.2. The molecule has 0 spiro atoms. The number of nitrogens with one attached hydrogen (secondary N) is 1. The van der Waals surface area contributed by atoms with Crippen LogP contribution in [0.3, 0.4) is 0 Å².